The summed E-state index contributed by atoms with van der Waals surface area (Å²) in [5.74, 6) is 3.07. The number of esters is 1. The molecule has 1 N–H and O–H groups in total. The molecule has 0 rings (SSSR count). The average molecular weight is 304 g/mol. The second-order valence-corrected chi connectivity index (χ2v) is 7.60. The summed E-state index contributed by atoms with van der Waals surface area (Å²) in [6.07, 6.45) is 4.34. The molecule has 0 spiro atoms. The van der Waals surface area contributed by atoms with Crippen molar-refractivity contribution >= 4 is 17.7 Å². The van der Waals surface area contributed by atoms with Gasteiger partial charge in [-0.2, -0.15) is 11.8 Å². The van der Waals surface area contributed by atoms with E-state index >= 15 is 0 Å². The average Bonchev–Trinajstić information content (AvgIpc) is 2.35. The van der Waals surface area contributed by atoms with Gasteiger partial charge in [0.15, 0.2) is 0 Å². The van der Waals surface area contributed by atoms with Gasteiger partial charge in [0.25, 0.3) is 0 Å². The van der Waals surface area contributed by atoms with Crippen LogP contribution in [0.3, 0.4) is 0 Å². The number of rotatable bonds is 11. The van der Waals surface area contributed by atoms with Gasteiger partial charge >= 0.3 is 5.97 Å². The lowest BCUT2D eigenvalue weighted by Crippen LogP contribution is -2.52. The van der Waals surface area contributed by atoms with E-state index in [1.54, 1.807) is 0 Å². The highest BCUT2D eigenvalue weighted by Gasteiger charge is 2.33. The Labute approximate surface area is 129 Å². The van der Waals surface area contributed by atoms with Crippen LogP contribution in [0.5, 0.6) is 0 Å². The Morgan fingerprint density at radius 3 is 2.35 bits per heavy atom. The molecule has 3 nitrogen and oxygen atoms in total. The van der Waals surface area contributed by atoms with Crippen molar-refractivity contribution in [1.29, 1.82) is 0 Å². The van der Waals surface area contributed by atoms with Crippen LogP contribution in [0.15, 0.2) is 0 Å². The van der Waals surface area contributed by atoms with Crippen LogP contribution in [0.25, 0.3) is 0 Å². The van der Waals surface area contributed by atoms with E-state index in [4.69, 9.17) is 4.74 Å². The Balaban J connectivity index is 3.94. The number of thioether (sulfide) groups is 1. The molecule has 0 bridgehead atoms. The van der Waals surface area contributed by atoms with Crippen LogP contribution in [0.1, 0.15) is 60.3 Å². The fourth-order valence-electron chi connectivity index (χ4n) is 2.20. The molecule has 4 heteroatoms. The van der Waals surface area contributed by atoms with E-state index in [1.807, 2.05) is 18.7 Å². The third-order valence-electron chi connectivity index (χ3n) is 3.30. The molecular weight excluding hydrogens is 270 g/mol. The first-order valence-electron chi connectivity index (χ1n) is 7.75. The van der Waals surface area contributed by atoms with E-state index < -0.39 is 5.54 Å². The van der Waals surface area contributed by atoms with E-state index in [-0.39, 0.29) is 12.0 Å². The maximum atomic E-state index is 11.9. The predicted octanol–water partition coefficient (Wildman–Crippen LogP) is 3.87. The van der Waals surface area contributed by atoms with Crippen LogP contribution >= 0.6 is 11.8 Å². The van der Waals surface area contributed by atoms with E-state index in [0.29, 0.717) is 0 Å². The first-order chi connectivity index (χ1) is 9.31. The van der Waals surface area contributed by atoms with E-state index in [0.717, 1.165) is 25.2 Å². The Morgan fingerprint density at radius 2 is 1.85 bits per heavy atom. The molecule has 1 unspecified atom stereocenters. The molecule has 0 aromatic rings. The lowest BCUT2D eigenvalue weighted by atomic mass is 9.94. The molecule has 0 aliphatic rings. The minimum atomic E-state index is -0.550. The molecular formula is C16H33NO2S. The minimum Gasteiger partial charge on any atom is -0.468 e. The fraction of sp³-hybridized carbons (Fsp3) is 0.938. The zero-order chi connectivity index (χ0) is 15.6. The molecule has 1 atom stereocenters. The summed E-state index contributed by atoms with van der Waals surface area (Å²) in [6.45, 7) is 10.6. The van der Waals surface area contributed by atoms with Crippen LogP contribution < -0.4 is 5.32 Å². The maximum absolute atomic E-state index is 11.9. The van der Waals surface area contributed by atoms with Crippen molar-refractivity contribution in [2.75, 3.05) is 18.6 Å². The highest BCUT2D eigenvalue weighted by molar-refractivity contribution is 7.99. The third kappa shape index (κ3) is 8.85. The molecule has 0 saturated heterocycles. The van der Waals surface area contributed by atoms with Gasteiger partial charge in [-0.3, -0.25) is 10.1 Å². The smallest absolute Gasteiger partial charge is 0.325 e. The Morgan fingerprint density at radius 1 is 1.20 bits per heavy atom. The number of carbonyl (C=O) groups excluding carboxylic acids is 1. The van der Waals surface area contributed by atoms with E-state index in [1.165, 1.54) is 25.0 Å². The largest absolute Gasteiger partial charge is 0.468 e. The van der Waals surface area contributed by atoms with Crippen LogP contribution in [-0.4, -0.2) is 36.2 Å². The van der Waals surface area contributed by atoms with Crippen molar-refractivity contribution in [2.45, 2.75) is 71.9 Å². The predicted molar refractivity (Wildman–Crippen MR) is 89.3 cm³/mol. The molecule has 0 amide bonds. The van der Waals surface area contributed by atoms with Crippen LogP contribution in [0, 0.1) is 5.92 Å². The van der Waals surface area contributed by atoms with Gasteiger partial charge < -0.3 is 4.74 Å². The topological polar surface area (TPSA) is 38.3 Å². The quantitative estimate of drug-likeness (QED) is 0.464. The zero-order valence-corrected chi connectivity index (χ0v) is 14.9. The highest BCUT2D eigenvalue weighted by atomic mass is 32.2. The van der Waals surface area contributed by atoms with Crippen molar-refractivity contribution in [3.8, 4) is 0 Å². The third-order valence-corrected chi connectivity index (χ3v) is 4.40. The summed E-state index contributed by atoms with van der Waals surface area (Å²) in [6, 6.07) is 0.277. The summed E-state index contributed by atoms with van der Waals surface area (Å²) in [7, 11) is 1.46. The molecule has 0 aliphatic carbocycles. The number of hydrogen-bond acceptors (Lipinski definition) is 4. The van der Waals surface area contributed by atoms with Gasteiger partial charge in [-0.1, -0.05) is 20.3 Å². The van der Waals surface area contributed by atoms with Gasteiger partial charge in [0.1, 0.15) is 5.54 Å². The van der Waals surface area contributed by atoms with Crippen LogP contribution in [0.2, 0.25) is 0 Å². The lowest BCUT2D eigenvalue weighted by molar-refractivity contribution is -0.148. The molecule has 20 heavy (non-hydrogen) atoms. The lowest BCUT2D eigenvalue weighted by Gasteiger charge is -2.30. The minimum absolute atomic E-state index is 0.154. The van der Waals surface area contributed by atoms with E-state index in [9.17, 15) is 4.79 Å². The summed E-state index contributed by atoms with van der Waals surface area (Å²) in [5.41, 5.74) is -0.550. The monoisotopic (exact) mass is 303 g/mol. The van der Waals surface area contributed by atoms with Gasteiger partial charge in [0.2, 0.25) is 0 Å². The van der Waals surface area contributed by atoms with Crippen molar-refractivity contribution in [1.82, 2.24) is 5.32 Å². The van der Waals surface area contributed by atoms with Gasteiger partial charge in [-0.05, 0) is 57.5 Å². The number of ether oxygens (including phenoxy) is 1. The second kappa shape index (κ2) is 10.5. The van der Waals surface area contributed by atoms with Crippen molar-refractivity contribution in [3.63, 3.8) is 0 Å². The summed E-state index contributed by atoms with van der Waals surface area (Å²) in [5, 5.41) is 3.34. The molecule has 0 heterocycles. The van der Waals surface area contributed by atoms with Gasteiger partial charge in [0, 0.05) is 6.04 Å². The molecule has 0 aliphatic heterocycles. The number of nitrogens with one attached hydrogen (secondary N) is 1. The second-order valence-electron chi connectivity index (χ2n) is 6.37. The van der Waals surface area contributed by atoms with Crippen molar-refractivity contribution in [2.24, 2.45) is 5.92 Å². The van der Waals surface area contributed by atoms with Crippen molar-refractivity contribution < 1.29 is 9.53 Å². The highest BCUT2D eigenvalue weighted by Crippen LogP contribution is 2.19. The van der Waals surface area contributed by atoms with Gasteiger partial charge in [0.05, 0.1) is 7.11 Å². The number of hydrogen-bond donors (Lipinski definition) is 1. The Kier molecular flexibility index (Phi) is 10.4. The zero-order valence-electron chi connectivity index (χ0n) is 14.1. The molecule has 120 valence electrons. The van der Waals surface area contributed by atoms with E-state index in [2.05, 4.69) is 33.0 Å². The maximum Gasteiger partial charge on any atom is 0.325 e. The fourth-order valence-corrected chi connectivity index (χ4v) is 3.45. The SMILES string of the molecule is COC(=O)C(C)(CCCCSCCC(C)C)NC(C)C. The molecule has 0 fully saturated rings. The normalized spacial score (nSPS) is 14.6. The summed E-state index contributed by atoms with van der Waals surface area (Å²) < 4.78 is 4.93. The van der Waals surface area contributed by atoms with Gasteiger partial charge in [-0.15, -0.1) is 0 Å². The molecule has 0 aromatic carbocycles. The van der Waals surface area contributed by atoms with Crippen LogP contribution in [0.4, 0.5) is 0 Å². The summed E-state index contributed by atoms with van der Waals surface area (Å²) >= 11 is 2.02. The first-order valence-corrected chi connectivity index (χ1v) is 8.91. The standard InChI is InChI=1S/C16H33NO2S/c1-13(2)9-12-20-11-8-7-10-16(5,15(18)19-6)17-14(3)4/h13-14,17H,7-12H2,1-6H3. The first kappa shape index (κ1) is 19.8. The molecule has 0 radical (unpaired) electrons. The van der Waals surface area contributed by atoms with Crippen molar-refractivity contribution in [3.05, 3.63) is 0 Å². The van der Waals surface area contributed by atoms with Gasteiger partial charge in [-0.25, -0.2) is 0 Å². The summed E-state index contributed by atoms with van der Waals surface area (Å²) in [4.78, 5) is 11.9. The Hall–Kier alpha value is -0.220. The molecule has 0 saturated carbocycles. The number of carbonyl (C=O) groups is 1. The molecule has 0 aromatic heterocycles. The number of methoxy groups -OCH3 is 1. The van der Waals surface area contributed by atoms with Crippen LogP contribution in [-0.2, 0) is 9.53 Å². The Bertz CT molecular complexity index is 269. The number of unbranched alkanes of at least 4 members (excludes halogenated alkanes) is 1.